The van der Waals surface area contributed by atoms with Crippen LogP contribution >= 0.6 is 11.6 Å². The lowest BCUT2D eigenvalue weighted by Crippen LogP contribution is -2.42. The van der Waals surface area contributed by atoms with Crippen LogP contribution < -0.4 is 5.32 Å². The Hall–Kier alpha value is -2.39. The van der Waals surface area contributed by atoms with Gasteiger partial charge in [0.2, 0.25) is 5.95 Å². The van der Waals surface area contributed by atoms with Crippen LogP contribution in [0.3, 0.4) is 0 Å². The van der Waals surface area contributed by atoms with Gasteiger partial charge in [-0.1, -0.05) is 25.4 Å². The molecule has 1 aromatic carbocycles. The van der Waals surface area contributed by atoms with E-state index in [1.54, 1.807) is 6.20 Å². The second kappa shape index (κ2) is 9.00. The maximum Gasteiger partial charge on any atom is 0.223 e. The van der Waals surface area contributed by atoms with Crippen LogP contribution in [-0.2, 0) is 10.3 Å². The van der Waals surface area contributed by atoms with E-state index >= 15 is 4.39 Å². The number of fused-ring (bicyclic) bond motifs is 1. The molecule has 0 amide bonds. The van der Waals surface area contributed by atoms with Crippen LogP contribution in [0.15, 0.2) is 24.5 Å². The van der Waals surface area contributed by atoms with Crippen molar-refractivity contribution in [3.63, 3.8) is 0 Å². The molecule has 1 aliphatic carbocycles. The number of rotatable bonds is 5. The average molecular weight is 487 g/mol. The van der Waals surface area contributed by atoms with Gasteiger partial charge in [-0.25, -0.2) is 14.4 Å². The Morgan fingerprint density at radius 3 is 2.71 bits per heavy atom. The van der Waals surface area contributed by atoms with Gasteiger partial charge in [0.15, 0.2) is 0 Å². The van der Waals surface area contributed by atoms with E-state index in [2.05, 4.69) is 20.3 Å². The maximum absolute atomic E-state index is 15.3. The molecule has 34 heavy (non-hydrogen) atoms. The van der Waals surface area contributed by atoms with E-state index in [1.165, 1.54) is 12.3 Å². The third-order valence-electron chi connectivity index (χ3n) is 6.88. The molecule has 7 nitrogen and oxygen atoms in total. The second-order valence-electron chi connectivity index (χ2n) is 9.55. The summed E-state index contributed by atoms with van der Waals surface area (Å²) >= 11 is 6.44. The number of pyridine rings is 1. The fraction of sp³-hybridized carbons (Fsp3) is 0.480. The van der Waals surface area contributed by atoms with Crippen molar-refractivity contribution in [2.45, 2.75) is 63.2 Å². The molecule has 3 heterocycles. The first-order chi connectivity index (χ1) is 16.3. The zero-order chi connectivity index (χ0) is 24.0. The van der Waals surface area contributed by atoms with Crippen molar-refractivity contribution in [3.05, 3.63) is 46.5 Å². The number of nitrogens with one attached hydrogen (secondary N) is 1. The monoisotopic (exact) mass is 486 g/mol. The van der Waals surface area contributed by atoms with Crippen LogP contribution in [0.25, 0.3) is 22.2 Å². The first-order valence-corrected chi connectivity index (χ1v) is 12.0. The molecule has 3 aromatic rings. The van der Waals surface area contributed by atoms with Gasteiger partial charge < -0.3 is 20.3 Å². The standard InChI is InChI=1S/C25H28ClFN4O3/c1-13(2)21-15-8-14(9-18(27)23(15)28-10-16(21)25(33)5-3-6-25)22-17(26)11-29-24(31-22)30-19-4-7-34-12-20(19)32/h8-11,13,19-20,32-33H,3-7,12H2,1-2H3,(H,29,30,31)/t19-,20-/m1/s1. The van der Waals surface area contributed by atoms with Crippen molar-refractivity contribution in [2.75, 3.05) is 18.5 Å². The molecule has 0 spiro atoms. The number of aromatic nitrogens is 3. The van der Waals surface area contributed by atoms with Gasteiger partial charge in [0.1, 0.15) is 11.3 Å². The van der Waals surface area contributed by atoms with Crippen molar-refractivity contribution < 1.29 is 19.3 Å². The third kappa shape index (κ3) is 4.13. The summed E-state index contributed by atoms with van der Waals surface area (Å²) in [5.74, 6) is -0.135. The lowest BCUT2D eigenvalue weighted by Gasteiger charge is -2.39. The predicted molar refractivity (Wildman–Crippen MR) is 128 cm³/mol. The lowest BCUT2D eigenvalue weighted by molar-refractivity contribution is -0.0398. The average Bonchev–Trinajstić information content (AvgIpc) is 2.79. The highest BCUT2D eigenvalue weighted by atomic mass is 35.5. The quantitative estimate of drug-likeness (QED) is 0.486. The number of aliphatic hydroxyl groups is 2. The minimum atomic E-state index is -0.915. The number of nitrogens with zero attached hydrogens (tertiary/aromatic N) is 3. The lowest BCUT2D eigenvalue weighted by atomic mass is 9.72. The van der Waals surface area contributed by atoms with Crippen LogP contribution in [0.1, 0.15) is 56.6 Å². The number of ether oxygens (including phenoxy) is 1. The number of anilines is 1. The molecule has 0 unspecified atom stereocenters. The predicted octanol–water partition coefficient (Wildman–Crippen LogP) is 4.54. The molecule has 1 aliphatic heterocycles. The molecular formula is C25H28ClFN4O3. The van der Waals surface area contributed by atoms with Crippen molar-refractivity contribution in [3.8, 4) is 11.3 Å². The van der Waals surface area contributed by atoms with Gasteiger partial charge in [-0.3, -0.25) is 4.98 Å². The van der Waals surface area contributed by atoms with E-state index in [0.717, 1.165) is 17.5 Å². The second-order valence-corrected chi connectivity index (χ2v) is 9.96. The minimum absolute atomic E-state index is 0.0490. The van der Waals surface area contributed by atoms with Gasteiger partial charge >= 0.3 is 0 Å². The summed E-state index contributed by atoms with van der Waals surface area (Å²) in [6.07, 6.45) is 5.33. The topological polar surface area (TPSA) is 100 Å². The summed E-state index contributed by atoms with van der Waals surface area (Å²) in [5.41, 5.74) is 1.87. The van der Waals surface area contributed by atoms with Gasteiger partial charge in [0, 0.05) is 29.3 Å². The van der Waals surface area contributed by atoms with E-state index in [9.17, 15) is 10.2 Å². The SMILES string of the molecule is CC(C)c1c(C2(O)CCC2)cnc2c(F)cc(-c3nc(N[C@@H]4CCOC[C@H]4O)ncc3Cl)cc12. The first-order valence-electron chi connectivity index (χ1n) is 11.7. The smallest absolute Gasteiger partial charge is 0.223 e. The van der Waals surface area contributed by atoms with Crippen LogP contribution in [0.2, 0.25) is 5.02 Å². The van der Waals surface area contributed by atoms with E-state index in [0.29, 0.717) is 48.5 Å². The highest BCUT2D eigenvalue weighted by Gasteiger charge is 2.39. The van der Waals surface area contributed by atoms with Gasteiger partial charge in [-0.05, 0) is 49.3 Å². The molecule has 2 fully saturated rings. The van der Waals surface area contributed by atoms with Gasteiger partial charge in [0.05, 0.1) is 41.3 Å². The molecular weight excluding hydrogens is 459 g/mol. The summed E-state index contributed by atoms with van der Waals surface area (Å²) in [5, 5.41) is 25.3. The molecule has 9 heteroatoms. The molecule has 2 aliphatic rings. The van der Waals surface area contributed by atoms with Gasteiger partial charge in [0.25, 0.3) is 0 Å². The summed E-state index contributed by atoms with van der Waals surface area (Å²) in [7, 11) is 0. The van der Waals surface area contributed by atoms with Crippen LogP contribution in [0, 0.1) is 5.82 Å². The van der Waals surface area contributed by atoms with E-state index < -0.39 is 17.5 Å². The van der Waals surface area contributed by atoms with E-state index in [1.807, 2.05) is 19.9 Å². The van der Waals surface area contributed by atoms with Crippen LogP contribution in [0.4, 0.5) is 10.3 Å². The third-order valence-corrected chi connectivity index (χ3v) is 7.16. The molecule has 3 N–H and O–H groups in total. The summed E-state index contributed by atoms with van der Waals surface area (Å²) in [6, 6.07) is 2.96. The highest BCUT2D eigenvalue weighted by Crippen LogP contribution is 2.46. The summed E-state index contributed by atoms with van der Waals surface area (Å²) < 4.78 is 20.6. The Kier molecular flexibility index (Phi) is 6.18. The zero-order valence-corrected chi connectivity index (χ0v) is 19.9. The number of hydrogen-bond acceptors (Lipinski definition) is 7. The Morgan fingerprint density at radius 1 is 1.24 bits per heavy atom. The van der Waals surface area contributed by atoms with E-state index in [-0.39, 0.29) is 29.1 Å². The first kappa shape index (κ1) is 23.4. The summed E-state index contributed by atoms with van der Waals surface area (Å²) in [6.45, 7) is 4.84. The molecule has 0 bridgehead atoms. The Labute approximate surface area is 202 Å². The van der Waals surface area contributed by atoms with Crippen molar-refractivity contribution in [2.24, 2.45) is 0 Å². The molecule has 1 saturated heterocycles. The van der Waals surface area contributed by atoms with Crippen LogP contribution in [0.5, 0.6) is 0 Å². The highest BCUT2D eigenvalue weighted by molar-refractivity contribution is 6.33. The number of hydrogen-bond donors (Lipinski definition) is 3. The Bertz CT molecular complexity index is 1230. The largest absolute Gasteiger partial charge is 0.389 e. The number of halogens is 2. The zero-order valence-electron chi connectivity index (χ0n) is 19.2. The van der Waals surface area contributed by atoms with Crippen molar-refractivity contribution in [1.82, 2.24) is 15.0 Å². The molecule has 1 saturated carbocycles. The fourth-order valence-corrected chi connectivity index (χ4v) is 5.09. The van der Waals surface area contributed by atoms with Crippen molar-refractivity contribution >= 4 is 28.5 Å². The molecule has 5 rings (SSSR count). The molecule has 0 radical (unpaired) electrons. The summed E-state index contributed by atoms with van der Waals surface area (Å²) in [4.78, 5) is 13.2. The van der Waals surface area contributed by atoms with E-state index in [4.69, 9.17) is 16.3 Å². The van der Waals surface area contributed by atoms with Gasteiger partial charge in [-0.2, -0.15) is 0 Å². The minimum Gasteiger partial charge on any atom is -0.389 e. The number of aliphatic hydroxyl groups excluding tert-OH is 1. The normalized spacial score (nSPS) is 22.1. The molecule has 2 aromatic heterocycles. The Morgan fingerprint density at radius 2 is 2.03 bits per heavy atom. The molecule has 180 valence electrons. The fourth-order valence-electron chi connectivity index (χ4n) is 4.89. The van der Waals surface area contributed by atoms with Crippen molar-refractivity contribution in [1.29, 1.82) is 0 Å². The Balaban J connectivity index is 1.61. The maximum atomic E-state index is 15.3. The van der Waals surface area contributed by atoms with Gasteiger partial charge in [-0.15, -0.1) is 0 Å². The van der Waals surface area contributed by atoms with Crippen LogP contribution in [-0.4, -0.2) is 50.5 Å². The molecule has 2 atom stereocenters. The number of benzene rings is 1.